The molecule has 1 fully saturated rings. The SMILES string of the molecule is Cc1cc(C)c(C2=C(OCc3ccccc3)[C@]3(CC[C@H](OCCOCCBr)CC3)OC2=O)c(C)c1. The lowest BCUT2D eigenvalue weighted by Crippen LogP contribution is -2.40. The molecule has 1 heterocycles. The molecule has 0 aromatic heterocycles. The molecule has 5 nitrogen and oxygen atoms in total. The standard InChI is InChI=1S/C29H35BrO5/c1-20-17-21(2)25(22(3)18-20)26-27(34-19-23-7-5-4-6-8-23)29(35-28(26)31)11-9-24(10-12-29)33-16-15-32-14-13-30/h4-8,17-18,24H,9-16,19H2,1-3H3/t24-,29+. The predicted molar refractivity (Wildman–Crippen MR) is 140 cm³/mol. The zero-order valence-electron chi connectivity index (χ0n) is 20.9. The zero-order valence-corrected chi connectivity index (χ0v) is 22.5. The molecular formula is C29H35BrO5. The van der Waals surface area contributed by atoms with E-state index in [1.807, 2.05) is 30.3 Å². The molecule has 0 unspecified atom stereocenters. The molecule has 1 aliphatic heterocycles. The highest BCUT2D eigenvalue weighted by atomic mass is 79.9. The van der Waals surface area contributed by atoms with E-state index in [1.165, 1.54) is 5.56 Å². The van der Waals surface area contributed by atoms with E-state index in [2.05, 4.69) is 48.8 Å². The second kappa shape index (κ2) is 11.7. The van der Waals surface area contributed by atoms with Gasteiger partial charge in [0.2, 0.25) is 0 Å². The number of hydrogen-bond donors (Lipinski definition) is 0. The average Bonchev–Trinajstić information content (AvgIpc) is 3.09. The maximum Gasteiger partial charge on any atom is 0.343 e. The van der Waals surface area contributed by atoms with Gasteiger partial charge < -0.3 is 18.9 Å². The first-order valence-corrected chi connectivity index (χ1v) is 13.5. The summed E-state index contributed by atoms with van der Waals surface area (Å²) < 4.78 is 24.2. The fourth-order valence-corrected chi connectivity index (χ4v) is 5.53. The van der Waals surface area contributed by atoms with Gasteiger partial charge in [0.25, 0.3) is 0 Å². The molecule has 0 radical (unpaired) electrons. The summed E-state index contributed by atoms with van der Waals surface area (Å²) in [6.45, 7) is 8.42. The van der Waals surface area contributed by atoms with Crippen molar-refractivity contribution in [3.8, 4) is 0 Å². The summed E-state index contributed by atoms with van der Waals surface area (Å²) in [4.78, 5) is 13.4. The Morgan fingerprint density at radius 1 is 1.00 bits per heavy atom. The van der Waals surface area contributed by atoms with Crippen LogP contribution in [0.2, 0.25) is 0 Å². The van der Waals surface area contributed by atoms with Crippen molar-refractivity contribution in [3.05, 3.63) is 76.0 Å². The number of hydrogen-bond acceptors (Lipinski definition) is 5. The van der Waals surface area contributed by atoms with Crippen molar-refractivity contribution >= 4 is 27.5 Å². The molecule has 4 rings (SSSR count). The van der Waals surface area contributed by atoms with Gasteiger partial charge in [0, 0.05) is 5.33 Å². The molecule has 6 heteroatoms. The number of esters is 1. The average molecular weight is 543 g/mol. The lowest BCUT2D eigenvalue weighted by atomic mass is 9.80. The van der Waals surface area contributed by atoms with Crippen molar-refractivity contribution in [1.82, 2.24) is 0 Å². The lowest BCUT2D eigenvalue weighted by Gasteiger charge is -2.37. The Kier molecular flexibility index (Phi) is 8.68. The van der Waals surface area contributed by atoms with Gasteiger partial charge in [-0.15, -0.1) is 0 Å². The van der Waals surface area contributed by atoms with Crippen LogP contribution >= 0.6 is 15.9 Å². The van der Waals surface area contributed by atoms with Gasteiger partial charge in [-0.2, -0.15) is 0 Å². The van der Waals surface area contributed by atoms with Crippen molar-refractivity contribution in [2.24, 2.45) is 0 Å². The van der Waals surface area contributed by atoms with Gasteiger partial charge >= 0.3 is 5.97 Å². The molecule has 1 saturated carbocycles. The molecule has 0 bridgehead atoms. The lowest BCUT2D eigenvalue weighted by molar-refractivity contribution is -0.153. The monoisotopic (exact) mass is 542 g/mol. The molecule has 1 spiro atoms. The third kappa shape index (κ3) is 5.99. The largest absolute Gasteiger partial charge is 0.488 e. The van der Waals surface area contributed by atoms with Gasteiger partial charge in [0.05, 0.1) is 25.9 Å². The molecule has 188 valence electrons. The summed E-state index contributed by atoms with van der Waals surface area (Å²) in [6.07, 6.45) is 3.12. The van der Waals surface area contributed by atoms with E-state index in [-0.39, 0.29) is 12.1 Å². The number of carbonyl (C=O) groups excluding carboxylic acids is 1. The van der Waals surface area contributed by atoms with Gasteiger partial charge in [-0.1, -0.05) is 64.0 Å². The van der Waals surface area contributed by atoms with Crippen LogP contribution in [0.15, 0.2) is 48.2 Å². The number of carbonyl (C=O) groups is 1. The minimum absolute atomic E-state index is 0.133. The van der Waals surface area contributed by atoms with Gasteiger partial charge in [-0.3, -0.25) is 0 Å². The van der Waals surface area contributed by atoms with Crippen molar-refractivity contribution < 1.29 is 23.7 Å². The van der Waals surface area contributed by atoms with Crippen LogP contribution in [0.4, 0.5) is 0 Å². The van der Waals surface area contributed by atoms with Gasteiger partial charge in [-0.05, 0) is 68.7 Å². The highest BCUT2D eigenvalue weighted by Gasteiger charge is 2.52. The molecule has 2 aromatic rings. The third-order valence-corrected chi connectivity index (χ3v) is 7.15. The van der Waals surface area contributed by atoms with E-state index in [9.17, 15) is 4.79 Å². The van der Waals surface area contributed by atoms with E-state index in [4.69, 9.17) is 18.9 Å². The van der Waals surface area contributed by atoms with Gasteiger partial charge in [0.1, 0.15) is 12.2 Å². The highest BCUT2D eigenvalue weighted by molar-refractivity contribution is 9.09. The number of benzene rings is 2. The summed E-state index contributed by atoms with van der Waals surface area (Å²) in [5.74, 6) is 0.395. The van der Waals surface area contributed by atoms with E-state index in [1.54, 1.807) is 0 Å². The second-order valence-electron chi connectivity index (χ2n) is 9.51. The van der Waals surface area contributed by atoms with Crippen molar-refractivity contribution in [2.45, 2.75) is 64.8 Å². The summed E-state index contributed by atoms with van der Waals surface area (Å²) in [5.41, 5.74) is 5.14. The van der Waals surface area contributed by atoms with E-state index < -0.39 is 5.60 Å². The maximum atomic E-state index is 13.4. The minimum atomic E-state index is -0.739. The fourth-order valence-electron chi connectivity index (χ4n) is 5.30. The van der Waals surface area contributed by atoms with Crippen LogP contribution in [0.25, 0.3) is 5.57 Å². The Morgan fingerprint density at radius 3 is 2.34 bits per heavy atom. The smallest absolute Gasteiger partial charge is 0.343 e. The number of halogens is 1. The first-order chi connectivity index (χ1) is 16.9. The second-order valence-corrected chi connectivity index (χ2v) is 10.3. The third-order valence-electron chi connectivity index (χ3n) is 6.83. The molecule has 2 aliphatic rings. The Morgan fingerprint density at radius 2 is 1.69 bits per heavy atom. The topological polar surface area (TPSA) is 54.0 Å². The number of ether oxygens (including phenoxy) is 4. The van der Waals surface area contributed by atoms with Crippen LogP contribution in [0.3, 0.4) is 0 Å². The van der Waals surface area contributed by atoms with Crippen LogP contribution in [0.1, 0.15) is 53.5 Å². The van der Waals surface area contributed by atoms with Crippen molar-refractivity contribution in [1.29, 1.82) is 0 Å². The molecule has 0 amide bonds. The Balaban J connectivity index is 1.59. The van der Waals surface area contributed by atoms with E-state index >= 15 is 0 Å². The number of alkyl halides is 1. The van der Waals surface area contributed by atoms with Crippen molar-refractivity contribution in [2.75, 3.05) is 25.2 Å². The van der Waals surface area contributed by atoms with Gasteiger partial charge in [-0.25, -0.2) is 4.79 Å². The maximum absolute atomic E-state index is 13.4. The molecule has 35 heavy (non-hydrogen) atoms. The Labute approximate surface area is 216 Å². The Bertz CT molecular complexity index is 1030. The first kappa shape index (κ1) is 25.9. The van der Waals surface area contributed by atoms with Crippen LogP contribution < -0.4 is 0 Å². The highest BCUT2D eigenvalue weighted by Crippen LogP contribution is 2.48. The molecule has 0 atom stereocenters. The number of aryl methyl sites for hydroxylation is 3. The summed E-state index contributed by atoms with van der Waals surface area (Å²) in [5, 5.41) is 0.824. The zero-order chi connectivity index (χ0) is 24.8. The predicted octanol–water partition coefficient (Wildman–Crippen LogP) is 6.21. The fraction of sp³-hybridized carbons (Fsp3) is 0.483. The molecule has 0 saturated heterocycles. The summed E-state index contributed by atoms with van der Waals surface area (Å²) >= 11 is 3.36. The summed E-state index contributed by atoms with van der Waals surface area (Å²) in [6, 6.07) is 14.3. The van der Waals surface area contributed by atoms with Crippen LogP contribution in [-0.4, -0.2) is 42.8 Å². The molecule has 1 aliphatic carbocycles. The molecule has 0 N–H and O–H groups in total. The molecule has 2 aromatic carbocycles. The quantitative estimate of drug-likeness (QED) is 0.203. The van der Waals surface area contributed by atoms with Gasteiger partial charge in [0.15, 0.2) is 11.4 Å². The normalized spacial score (nSPS) is 22.1. The number of rotatable bonds is 10. The van der Waals surface area contributed by atoms with E-state index in [0.29, 0.717) is 50.6 Å². The Hall–Kier alpha value is -2.15. The van der Waals surface area contributed by atoms with Crippen molar-refractivity contribution in [3.63, 3.8) is 0 Å². The molecular weight excluding hydrogens is 508 g/mol. The van der Waals surface area contributed by atoms with E-state index in [0.717, 1.165) is 40.4 Å². The minimum Gasteiger partial charge on any atom is -0.488 e. The van der Waals surface area contributed by atoms with Crippen LogP contribution in [-0.2, 0) is 30.3 Å². The van der Waals surface area contributed by atoms with Crippen LogP contribution in [0, 0.1) is 20.8 Å². The van der Waals surface area contributed by atoms with Crippen LogP contribution in [0.5, 0.6) is 0 Å². The summed E-state index contributed by atoms with van der Waals surface area (Å²) in [7, 11) is 0. The first-order valence-electron chi connectivity index (χ1n) is 12.4.